The molecule has 5 heteroatoms. The molecule has 4 nitrogen and oxygen atoms in total. The molecule has 0 aromatic heterocycles. The van der Waals surface area contributed by atoms with Gasteiger partial charge in [0.2, 0.25) is 0 Å². The van der Waals surface area contributed by atoms with Gasteiger partial charge >= 0.3 is 5.97 Å². The van der Waals surface area contributed by atoms with Gasteiger partial charge in [-0.15, -0.1) is 11.6 Å². The van der Waals surface area contributed by atoms with Gasteiger partial charge in [0.15, 0.2) is 11.2 Å². The highest BCUT2D eigenvalue weighted by Crippen LogP contribution is 2.22. The van der Waals surface area contributed by atoms with Crippen molar-refractivity contribution in [2.75, 3.05) is 14.2 Å². The number of halogens is 1. The maximum absolute atomic E-state index is 11.9. The summed E-state index contributed by atoms with van der Waals surface area (Å²) < 4.78 is 9.60. The molecular weight excluding hydrogens is 256 g/mol. The standard InChI is InChI=1S/C13H15ClO4/c1-4-8-7-9(5-6-10(8)17-2)12(15)11(14)13(16)18-3/h5-7,11H,4H2,1-3H3. The maximum atomic E-state index is 11.9. The van der Waals surface area contributed by atoms with Gasteiger partial charge in [0, 0.05) is 5.56 Å². The van der Waals surface area contributed by atoms with Crippen LogP contribution in [0.4, 0.5) is 0 Å². The molecule has 1 aromatic carbocycles. The predicted octanol–water partition coefficient (Wildman–Crippen LogP) is 2.22. The Morgan fingerprint density at radius 3 is 2.50 bits per heavy atom. The van der Waals surface area contributed by atoms with E-state index >= 15 is 0 Å². The molecule has 0 bridgehead atoms. The lowest BCUT2D eigenvalue weighted by Gasteiger charge is -2.10. The number of Topliss-reactive ketones (excluding diaryl/α,β-unsaturated/α-hetero) is 1. The van der Waals surface area contributed by atoms with E-state index in [9.17, 15) is 9.59 Å². The van der Waals surface area contributed by atoms with E-state index in [0.29, 0.717) is 11.3 Å². The van der Waals surface area contributed by atoms with E-state index in [-0.39, 0.29) is 0 Å². The van der Waals surface area contributed by atoms with Crippen LogP contribution in [-0.4, -0.2) is 31.3 Å². The van der Waals surface area contributed by atoms with Gasteiger partial charge in [-0.2, -0.15) is 0 Å². The van der Waals surface area contributed by atoms with E-state index in [0.717, 1.165) is 12.0 Å². The first-order valence-corrected chi connectivity index (χ1v) is 5.91. The van der Waals surface area contributed by atoms with Crippen molar-refractivity contribution >= 4 is 23.4 Å². The van der Waals surface area contributed by atoms with Crippen molar-refractivity contribution < 1.29 is 19.1 Å². The number of methoxy groups -OCH3 is 2. The summed E-state index contributed by atoms with van der Waals surface area (Å²) in [6, 6.07) is 4.95. The summed E-state index contributed by atoms with van der Waals surface area (Å²) in [7, 11) is 2.76. The van der Waals surface area contributed by atoms with E-state index in [1.165, 1.54) is 7.11 Å². The van der Waals surface area contributed by atoms with Gasteiger partial charge in [0.1, 0.15) is 5.75 Å². The van der Waals surface area contributed by atoms with Gasteiger partial charge in [-0.3, -0.25) is 4.79 Å². The van der Waals surface area contributed by atoms with Crippen LogP contribution >= 0.6 is 11.6 Å². The van der Waals surface area contributed by atoms with E-state index in [2.05, 4.69) is 4.74 Å². The number of benzene rings is 1. The van der Waals surface area contributed by atoms with Crippen molar-refractivity contribution in [2.45, 2.75) is 18.7 Å². The van der Waals surface area contributed by atoms with E-state index in [4.69, 9.17) is 16.3 Å². The highest BCUT2D eigenvalue weighted by molar-refractivity contribution is 6.43. The Morgan fingerprint density at radius 1 is 1.33 bits per heavy atom. The molecule has 1 rings (SSSR count). The minimum atomic E-state index is -1.31. The van der Waals surface area contributed by atoms with Crippen LogP contribution in [0.3, 0.4) is 0 Å². The van der Waals surface area contributed by atoms with Crippen molar-refractivity contribution in [3.05, 3.63) is 29.3 Å². The number of ketones is 1. The molecule has 0 heterocycles. The summed E-state index contributed by atoms with van der Waals surface area (Å²) in [4.78, 5) is 23.1. The van der Waals surface area contributed by atoms with Crippen LogP contribution in [0.15, 0.2) is 18.2 Å². The Bertz CT molecular complexity index is 456. The van der Waals surface area contributed by atoms with Crippen molar-refractivity contribution in [3.8, 4) is 5.75 Å². The smallest absolute Gasteiger partial charge is 0.331 e. The van der Waals surface area contributed by atoms with Crippen LogP contribution in [0, 0.1) is 0 Å². The summed E-state index contributed by atoms with van der Waals surface area (Å²) in [6.07, 6.45) is 0.718. The summed E-state index contributed by atoms with van der Waals surface area (Å²) in [5, 5.41) is -1.31. The minimum Gasteiger partial charge on any atom is -0.496 e. The average Bonchev–Trinajstić information content (AvgIpc) is 2.43. The van der Waals surface area contributed by atoms with E-state index in [1.54, 1.807) is 25.3 Å². The molecule has 18 heavy (non-hydrogen) atoms. The third kappa shape index (κ3) is 3.01. The van der Waals surface area contributed by atoms with Crippen LogP contribution in [-0.2, 0) is 16.0 Å². The summed E-state index contributed by atoms with van der Waals surface area (Å²) >= 11 is 5.73. The second-order valence-electron chi connectivity index (χ2n) is 3.63. The fourth-order valence-electron chi connectivity index (χ4n) is 1.56. The Morgan fingerprint density at radius 2 is 2.00 bits per heavy atom. The number of hydrogen-bond donors (Lipinski definition) is 0. The molecule has 0 spiro atoms. The fraction of sp³-hybridized carbons (Fsp3) is 0.385. The lowest BCUT2D eigenvalue weighted by molar-refractivity contribution is -0.139. The maximum Gasteiger partial charge on any atom is 0.331 e. The number of carbonyl (C=O) groups excluding carboxylic acids is 2. The molecule has 0 N–H and O–H groups in total. The summed E-state index contributed by atoms with van der Waals surface area (Å²) in [5.74, 6) is -0.519. The molecule has 0 saturated carbocycles. The first kappa shape index (κ1) is 14.5. The molecule has 0 aliphatic carbocycles. The van der Waals surface area contributed by atoms with Crippen LogP contribution in [0.5, 0.6) is 5.75 Å². The monoisotopic (exact) mass is 270 g/mol. The minimum absolute atomic E-state index is 0.373. The molecule has 0 amide bonds. The number of ether oxygens (including phenoxy) is 2. The molecule has 98 valence electrons. The topological polar surface area (TPSA) is 52.6 Å². The summed E-state index contributed by atoms with van der Waals surface area (Å²) in [5.41, 5.74) is 1.26. The zero-order valence-electron chi connectivity index (χ0n) is 10.5. The second kappa shape index (κ2) is 6.40. The van der Waals surface area contributed by atoms with Crippen LogP contribution < -0.4 is 4.74 Å². The molecule has 0 fully saturated rings. The third-order valence-corrected chi connectivity index (χ3v) is 2.96. The number of hydrogen-bond acceptors (Lipinski definition) is 4. The van der Waals surface area contributed by atoms with Crippen LogP contribution in [0.25, 0.3) is 0 Å². The Labute approximate surface area is 111 Å². The van der Waals surface area contributed by atoms with Gasteiger partial charge in [-0.1, -0.05) is 6.92 Å². The largest absolute Gasteiger partial charge is 0.496 e. The normalized spacial score (nSPS) is 11.8. The zero-order chi connectivity index (χ0) is 13.7. The first-order valence-electron chi connectivity index (χ1n) is 5.48. The first-order chi connectivity index (χ1) is 8.54. The molecule has 0 aliphatic heterocycles. The summed E-state index contributed by atoms with van der Waals surface area (Å²) in [6.45, 7) is 1.95. The lowest BCUT2D eigenvalue weighted by atomic mass is 10.0. The van der Waals surface area contributed by atoms with Crippen molar-refractivity contribution in [2.24, 2.45) is 0 Å². The van der Waals surface area contributed by atoms with Gasteiger partial charge in [0.25, 0.3) is 0 Å². The van der Waals surface area contributed by atoms with Crippen molar-refractivity contribution in [1.82, 2.24) is 0 Å². The Balaban J connectivity index is 3.03. The van der Waals surface area contributed by atoms with Gasteiger partial charge < -0.3 is 9.47 Å². The van der Waals surface area contributed by atoms with Crippen LogP contribution in [0.1, 0.15) is 22.8 Å². The number of rotatable bonds is 5. The third-order valence-electron chi connectivity index (χ3n) is 2.58. The van der Waals surface area contributed by atoms with Gasteiger partial charge in [0.05, 0.1) is 14.2 Å². The fourth-order valence-corrected chi connectivity index (χ4v) is 1.78. The molecule has 1 unspecified atom stereocenters. The number of esters is 1. The molecule has 1 aromatic rings. The quantitative estimate of drug-likeness (QED) is 0.356. The van der Waals surface area contributed by atoms with Gasteiger partial charge in [-0.05, 0) is 30.2 Å². The predicted molar refractivity (Wildman–Crippen MR) is 68.4 cm³/mol. The molecule has 1 atom stereocenters. The molecular formula is C13H15ClO4. The van der Waals surface area contributed by atoms with E-state index in [1.807, 2.05) is 6.92 Å². The highest BCUT2D eigenvalue weighted by atomic mass is 35.5. The molecule has 0 radical (unpaired) electrons. The average molecular weight is 271 g/mol. The second-order valence-corrected chi connectivity index (χ2v) is 4.07. The number of aryl methyl sites for hydroxylation is 1. The lowest BCUT2D eigenvalue weighted by Crippen LogP contribution is -2.26. The zero-order valence-corrected chi connectivity index (χ0v) is 11.3. The van der Waals surface area contributed by atoms with Crippen LogP contribution in [0.2, 0.25) is 0 Å². The Kier molecular flexibility index (Phi) is 5.16. The highest BCUT2D eigenvalue weighted by Gasteiger charge is 2.26. The number of alkyl halides is 1. The molecule has 0 aliphatic rings. The van der Waals surface area contributed by atoms with E-state index < -0.39 is 17.1 Å². The molecule has 0 saturated heterocycles. The van der Waals surface area contributed by atoms with Crippen molar-refractivity contribution in [3.63, 3.8) is 0 Å². The number of carbonyl (C=O) groups is 2. The Hall–Kier alpha value is -1.55. The van der Waals surface area contributed by atoms with Crippen molar-refractivity contribution in [1.29, 1.82) is 0 Å². The SMILES string of the molecule is CCc1cc(C(=O)C(Cl)C(=O)OC)ccc1OC. The van der Waals surface area contributed by atoms with Gasteiger partial charge in [-0.25, -0.2) is 4.79 Å².